The summed E-state index contributed by atoms with van der Waals surface area (Å²) in [5, 5.41) is 14.6. The molecule has 0 aliphatic heterocycles. The lowest BCUT2D eigenvalue weighted by molar-refractivity contribution is 0.0697. The molecule has 0 radical (unpaired) electrons. The summed E-state index contributed by atoms with van der Waals surface area (Å²) >= 11 is 0. The van der Waals surface area contributed by atoms with Gasteiger partial charge in [-0.1, -0.05) is 0 Å². The van der Waals surface area contributed by atoms with Crippen LogP contribution < -0.4 is 4.90 Å². The Labute approximate surface area is 123 Å². The monoisotopic (exact) mass is 292 g/mol. The molecule has 1 N–H and O–H groups in total. The average molecular weight is 292 g/mol. The number of aromatic carboxylic acids is 1. The SMILES string of the molecule is COCC(C)N(C)c1c(C(=O)O)cnc2c1c(C)nn2C. The first-order valence-corrected chi connectivity index (χ1v) is 6.65. The van der Waals surface area contributed by atoms with Crippen LogP contribution in [-0.4, -0.2) is 52.6 Å². The summed E-state index contributed by atoms with van der Waals surface area (Å²) in [7, 11) is 5.28. The normalized spacial score (nSPS) is 12.6. The van der Waals surface area contributed by atoms with E-state index in [9.17, 15) is 9.90 Å². The first-order valence-electron chi connectivity index (χ1n) is 6.65. The molecule has 0 saturated heterocycles. The highest BCUT2D eigenvalue weighted by molar-refractivity contribution is 6.04. The summed E-state index contributed by atoms with van der Waals surface area (Å²) in [6.45, 7) is 4.33. The Kier molecular flexibility index (Phi) is 4.13. The van der Waals surface area contributed by atoms with Crippen molar-refractivity contribution in [1.29, 1.82) is 0 Å². The zero-order valence-electron chi connectivity index (χ0n) is 12.9. The van der Waals surface area contributed by atoms with Crippen molar-refractivity contribution >= 4 is 22.7 Å². The number of carbonyl (C=O) groups is 1. The molecular formula is C14H20N4O3. The fourth-order valence-corrected chi connectivity index (χ4v) is 2.49. The molecule has 2 heterocycles. The van der Waals surface area contributed by atoms with Crippen LogP contribution in [0.15, 0.2) is 6.20 Å². The Balaban J connectivity index is 2.72. The van der Waals surface area contributed by atoms with E-state index in [0.717, 1.165) is 11.1 Å². The van der Waals surface area contributed by atoms with Crippen molar-refractivity contribution in [2.75, 3.05) is 25.7 Å². The predicted molar refractivity (Wildman–Crippen MR) is 79.9 cm³/mol. The number of fused-ring (bicyclic) bond motifs is 1. The first kappa shape index (κ1) is 15.2. The molecule has 2 rings (SSSR count). The van der Waals surface area contributed by atoms with Crippen LogP contribution in [0, 0.1) is 6.92 Å². The van der Waals surface area contributed by atoms with Crippen LogP contribution in [0.2, 0.25) is 0 Å². The summed E-state index contributed by atoms with van der Waals surface area (Å²) in [5.41, 5.74) is 2.23. The fourth-order valence-electron chi connectivity index (χ4n) is 2.49. The third kappa shape index (κ3) is 2.56. The lowest BCUT2D eigenvalue weighted by Gasteiger charge is -2.28. The summed E-state index contributed by atoms with van der Waals surface area (Å²) < 4.78 is 6.83. The smallest absolute Gasteiger partial charge is 0.339 e. The van der Waals surface area contributed by atoms with E-state index in [4.69, 9.17) is 4.74 Å². The van der Waals surface area contributed by atoms with E-state index in [1.165, 1.54) is 6.20 Å². The van der Waals surface area contributed by atoms with Gasteiger partial charge in [0.15, 0.2) is 5.65 Å². The lowest BCUT2D eigenvalue weighted by atomic mass is 10.1. The molecule has 0 aliphatic rings. The van der Waals surface area contributed by atoms with Gasteiger partial charge in [0.2, 0.25) is 0 Å². The van der Waals surface area contributed by atoms with Crippen molar-refractivity contribution in [1.82, 2.24) is 14.8 Å². The highest BCUT2D eigenvalue weighted by Gasteiger charge is 2.24. The van der Waals surface area contributed by atoms with Gasteiger partial charge in [0.05, 0.1) is 23.4 Å². The second-order valence-corrected chi connectivity index (χ2v) is 5.15. The van der Waals surface area contributed by atoms with Crippen LogP contribution in [0.5, 0.6) is 0 Å². The first-order chi connectivity index (χ1) is 9.88. The minimum Gasteiger partial charge on any atom is -0.478 e. The molecule has 1 unspecified atom stereocenters. The lowest BCUT2D eigenvalue weighted by Crippen LogP contribution is -2.34. The van der Waals surface area contributed by atoms with Crippen molar-refractivity contribution in [2.45, 2.75) is 19.9 Å². The molecule has 7 nitrogen and oxygen atoms in total. The number of carboxylic acids is 1. The highest BCUT2D eigenvalue weighted by atomic mass is 16.5. The van der Waals surface area contributed by atoms with Gasteiger partial charge in [0, 0.05) is 33.4 Å². The Morgan fingerprint density at radius 1 is 1.57 bits per heavy atom. The largest absolute Gasteiger partial charge is 0.478 e. The molecule has 0 fully saturated rings. The van der Waals surface area contributed by atoms with Gasteiger partial charge in [-0.15, -0.1) is 0 Å². The Morgan fingerprint density at radius 3 is 2.81 bits per heavy atom. The van der Waals surface area contributed by atoms with Crippen molar-refractivity contribution in [2.24, 2.45) is 7.05 Å². The van der Waals surface area contributed by atoms with Crippen LogP contribution in [0.4, 0.5) is 5.69 Å². The molecule has 0 aliphatic carbocycles. The molecule has 1 atom stereocenters. The zero-order chi connectivity index (χ0) is 15.7. The predicted octanol–water partition coefficient (Wildman–Crippen LogP) is 1.45. The number of rotatable bonds is 5. The van der Waals surface area contributed by atoms with Gasteiger partial charge in [-0.2, -0.15) is 5.10 Å². The van der Waals surface area contributed by atoms with E-state index < -0.39 is 5.97 Å². The van der Waals surface area contributed by atoms with E-state index >= 15 is 0 Å². The minimum atomic E-state index is -1.00. The van der Waals surface area contributed by atoms with Crippen LogP contribution in [0.25, 0.3) is 11.0 Å². The number of likely N-dealkylation sites (N-methyl/N-ethyl adjacent to an activating group) is 1. The number of aryl methyl sites for hydroxylation is 2. The van der Waals surface area contributed by atoms with E-state index in [1.807, 2.05) is 25.8 Å². The molecule has 21 heavy (non-hydrogen) atoms. The van der Waals surface area contributed by atoms with Gasteiger partial charge in [0.25, 0.3) is 0 Å². The summed E-state index contributed by atoms with van der Waals surface area (Å²) in [6.07, 6.45) is 1.39. The van der Waals surface area contributed by atoms with Crippen molar-refractivity contribution in [3.63, 3.8) is 0 Å². The van der Waals surface area contributed by atoms with E-state index in [2.05, 4.69) is 10.1 Å². The minimum absolute atomic E-state index is 0.0262. The standard InChI is InChI=1S/C14H20N4O3/c1-8(7-21-5)17(3)12-10(14(19)20)6-15-13-11(12)9(2)16-18(13)4/h6,8H,7H2,1-5H3,(H,19,20). The van der Waals surface area contributed by atoms with E-state index in [-0.39, 0.29) is 11.6 Å². The quantitative estimate of drug-likeness (QED) is 0.898. The van der Waals surface area contributed by atoms with Gasteiger partial charge >= 0.3 is 5.97 Å². The Hall–Kier alpha value is -2.15. The second kappa shape index (κ2) is 5.69. The molecule has 0 saturated carbocycles. The van der Waals surface area contributed by atoms with Crippen LogP contribution in [-0.2, 0) is 11.8 Å². The van der Waals surface area contributed by atoms with Crippen molar-refractivity contribution in [3.05, 3.63) is 17.5 Å². The number of aromatic nitrogens is 3. The van der Waals surface area contributed by atoms with Crippen LogP contribution in [0.3, 0.4) is 0 Å². The average Bonchev–Trinajstić information content (AvgIpc) is 2.72. The number of anilines is 1. The van der Waals surface area contributed by atoms with E-state index in [0.29, 0.717) is 17.9 Å². The number of hydrogen-bond acceptors (Lipinski definition) is 5. The molecule has 0 amide bonds. The van der Waals surface area contributed by atoms with Crippen molar-refractivity contribution < 1.29 is 14.6 Å². The maximum atomic E-state index is 11.5. The second-order valence-electron chi connectivity index (χ2n) is 5.15. The number of methoxy groups -OCH3 is 1. The number of ether oxygens (including phenoxy) is 1. The van der Waals surface area contributed by atoms with Gasteiger partial charge in [-0.3, -0.25) is 4.68 Å². The van der Waals surface area contributed by atoms with Gasteiger partial charge in [0.1, 0.15) is 5.56 Å². The number of nitrogens with zero attached hydrogens (tertiary/aromatic N) is 4. The van der Waals surface area contributed by atoms with Crippen LogP contribution in [0.1, 0.15) is 23.0 Å². The summed E-state index contributed by atoms with van der Waals surface area (Å²) in [6, 6.07) is 0.0262. The van der Waals surface area contributed by atoms with Crippen LogP contribution >= 0.6 is 0 Å². The number of pyridine rings is 1. The maximum absolute atomic E-state index is 11.5. The molecule has 2 aromatic rings. The van der Waals surface area contributed by atoms with Gasteiger partial charge in [-0.05, 0) is 13.8 Å². The maximum Gasteiger partial charge on any atom is 0.339 e. The molecule has 7 heteroatoms. The molecule has 0 bridgehead atoms. The fraction of sp³-hybridized carbons (Fsp3) is 0.500. The number of carboxylic acid groups (broad SMARTS) is 1. The molecule has 2 aromatic heterocycles. The van der Waals surface area contributed by atoms with E-state index in [1.54, 1.807) is 18.8 Å². The van der Waals surface area contributed by atoms with Gasteiger partial charge < -0.3 is 14.7 Å². The molecular weight excluding hydrogens is 272 g/mol. The summed E-state index contributed by atoms with van der Waals surface area (Å²) in [4.78, 5) is 17.7. The molecule has 114 valence electrons. The number of hydrogen-bond donors (Lipinski definition) is 1. The third-order valence-electron chi connectivity index (χ3n) is 3.65. The molecule has 0 aromatic carbocycles. The summed E-state index contributed by atoms with van der Waals surface area (Å²) in [5.74, 6) is -1.00. The van der Waals surface area contributed by atoms with Gasteiger partial charge in [-0.25, -0.2) is 9.78 Å². The van der Waals surface area contributed by atoms with Crippen molar-refractivity contribution in [3.8, 4) is 0 Å². The highest BCUT2D eigenvalue weighted by Crippen LogP contribution is 2.32. The Morgan fingerprint density at radius 2 is 2.24 bits per heavy atom. The zero-order valence-corrected chi connectivity index (χ0v) is 12.9. The topological polar surface area (TPSA) is 80.5 Å². The molecule has 0 spiro atoms. The third-order valence-corrected chi connectivity index (χ3v) is 3.65. The Bertz CT molecular complexity index is 680.